The molecule has 128 valence electrons. The van der Waals surface area contributed by atoms with Gasteiger partial charge in [-0.25, -0.2) is 4.79 Å². The van der Waals surface area contributed by atoms with E-state index in [0.717, 1.165) is 24.2 Å². The number of methoxy groups -OCH3 is 1. The van der Waals surface area contributed by atoms with E-state index in [1.54, 1.807) is 4.90 Å². The van der Waals surface area contributed by atoms with Crippen molar-refractivity contribution in [1.29, 1.82) is 0 Å². The number of likely N-dealkylation sites (tertiary alicyclic amines) is 1. The van der Waals surface area contributed by atoms with Crippen LogP contribution in [0.5, 0.6) is 5.75 Å². The Morgan fingerprint density at radius 1 is 1.43 bits per heavy atom. The molecule has 3 N–H and O–H groups in total. The lowest BCUT2D eigenvalue weighted by Crippen LogP contribution is -2.39. The predicted octanol–water partition coefficient (Wildman–Crippen LogP) is 1.93. The van der Waals surface area contributed by atoms with Crippen LogP contribution >= 0.6 is 0 Å². The van der Waals surface area contributed by atoms with Gasteiger partial charge >= 0.3 is 6.09 Å². The number of ether oxygens (including phenoxy) is 2. The molecule has 6 nitrogen and oxygen atoms in total. The second-order valence-corrected chi connectivity index (χ2v) is 5.88. The van der Waals surface area contributed by atoms with Gasteiger partial charge in [-0.1, -0.05) is 12.1 Å². The number of rotatable bonds is 6. The van der Waals surface area contributed by atoms with Crippen LogP contribution in [-0.4, -0.2) is 49.5 Å². The number of hydrogen-bond donors (Lipinski definition) is 2. The van der Waals surface area contributed by atoms with E-state index in [-0.39, 0.29) is 6.09 Å². The molecule has 1 aliphatic heterocycles. The third kappa shape index (κ3) is 5.11. The van der Waals surface area contributed by atoms with Crippen LogP contribution in [0.2, 0.25) is 0 Å². The van der Waals surface area contributed by atoms with E-state index in [4.69, 9.17) is 15.2 Å². The molecule has 0 saturated carbocycles. The summed E-state index contributed by atoms with van der Waals surface area (Å²) in [6.45, 7) is 2.47. The fourth-order valence-electron chi connectivity index (χ4n) is 2.76. The molecule has 1 saturated heterocycles. The van der Waals surface area contributed by atoms with Crippen molar-refractivity contribution in [3.05, 3.63) is 29.8 Å². The Balaban J connectivity index is 1.80. The first-order chi connectivity index (χ1) is 11.1. The highest BCUT2D eigenvalue weighted by Gasteiger charge is 2.23. The van der Waals surface area contributed by atoms with Crippen molar-refractivity contribution in [2.45, 2.75) is 25.4 Å². The van der Waals surface area contributed by atoms with Gasteiger partial charge in [0.2, 0.25) is 0 Å². The molecule has 0 unspecified atom stereocenters. The van der Waals surface area contributed by atoms with Crippen molar-refractivity contribution >= 4 is 6.09 Å². The van der Waals surface area contributed by atoms with Crippen LogP contribution < -0.4 is 10.5 Å². The molecule has 1 atom stereocenters. The summed E-state index contributed by atoms with van der Waals surface area (Å²) in [5.74, 6) is 1.18. The zero-order valence-corrected chi connectivity index (χ0v) is 13.6. The Kier molecular flexibility index (Phi) is 6.67. The first-order valence-corrected chi connectivity index (χ1v) is 8.07. The van der Waals surface area contributed by atoms with E-state index < -0.39 is 6.10 Å². The fourth-order valence-corrected chi connectivity index (χ4v) is 2.76. The first-order valence-electron chi connectivity index (χ1n) is 8.07. The minimum Gasteiger partial charge on any atom is -0.493 e. The fraction of sp³-hybridized carbons (Fsp3) is 0.588. The maximum Gasteiger partial charge on any atom is 0.409 e. The summed E-state index contributed by atoms with van der Waals surface area (Å²) in [6.07, 6.45) is 1.54. The lowest BCUT2D eigenvalue weighted by Gasteiger charge is -2.30. The summed E-state index contributed by atoms with van der Waals surface area (Å²) < 4.78 is 10.6. The molecule has 2 rings (SSSR count). The first kappa shape index (κ1) is 17.6. The molecule has 23 heavy (non-hydrogen) atoms. The number of nitrogens with zero attached hydrogens (tertiary/aromatic N) is 1. The van der Waals surface area contributed by atoms with E-state index >= 15 is 0 Å². The summed E-state index contributed by atoms with van der Waals surface area (Å²) in [6, 6.07) is 7.51. The second-order valence-electron chi connectivity index (χ2n) is 5.88. The van der Waals surface area contributed by atoms with Crippen LogP contribution in [0.3, 0.4) is 0 Å². The Morgan fingerprint density at radius 2 is 2.17 bits per heavy atom. The molecular formula is C17H26N2O4. The van der Waals surface area contributed by atoms with Gasteiger partial charge in [-0.05, 0) is 49.4 Å². The average molecular weight is 322 g/mol. The van der Waals surface area contributed by atoms with Crippen LogP contribution in [0, 0.1) is 5.92 Å². The van der Waals surface area contributed by atoms with E-state index in [9.17, 15) is 9.90 Å². The largest absolute Gasteiger partial charge is 0.493 e. The van der Waals surface area contributed by atoms with Gasteiger partial charge in [0, 0.05) is 13.1 Å². The molecule has 1 aromatic carbocycles. The normalized spacial score (nSPS) is 16.9. The van der Waals surface area contributed by atoms with E-state index in [0.29, 0.717) is 38.6 Å². The van der Waals surface area contributed by atoms with Crippen LogP contribution in [-0.2, 0) is 4.74 Å². The Labute approximate surface area is 137 Å². The standard InChI is InChI=1S/C17H26N2O4/c1-22-17(21)19-9-6-13(7-10-19)12-23-15-4-2-3-14(11-15)16(20)5-8-18/h2-4,11,13,16,20H,5-10,12,18H2,1H3/t16-/m1/s1. The van der Waals surface area contributed by atoms with E-state index in [1.165, 1.54) is 7.11 Å². The number of nitrogens with two attached hydrogens (primary N) is 1. The molecule has 0 spiro atoms. The zero-order valence-electron chi connectivity index (χ0n) is 13.6. The lowest BCUT2D eigenvalue weighted by atomic mass is 9.98. The van der Waals surface area contributed by atoms with Crippen molar-refractivity contribution < 1.29 is 19.4 Å². The van der Waals surface area contributed by atoms with Crippen molar-refractivity contribution in [2.24, 2.45) is 11.7 Å². The second kappa shape index (κ2) is 8.74. The molecule has 0 aliphatic carbocycles. The van der Waals surface area contributed by atoms with Gasteiger partial charge in [-0.2, -0.15) is 0 Å². The van der Waals surface area contributed by atoms with Crippen LogP contribution in [0.25, 0.3) is 0 Å². The smallest absolute Gasteiger partial charge is 0.409 e. The Bertz CT molecular complexity index is 501. The molecule has 1 fully saturated rings. The average Bonchev–Trinajstić information content (AvgIpc) is 2.60. The Hall–Kier alpha value is -1.79. The van der Waals surface area contributed by atoms with Gasteiger partial charge < -0.3 is 25.2 Å². The van der Waals surface area contributed by atoms with Crippen molar-refractivity contribution in [2.75, 3.05) is 33.4 Å². The van der Waals surface area contributed by atoms with Crippen molar-refractivity contribution in [3.63, 3.8) is 0 Å². The zero-order chi connectivity index (χ0) is 16.7. The van der Waals surface area contributed by atoms with Crippen molar-refractivity contribution in [1.82, 2.24) is 4.90 Å². The number of benzene rings is 1. The number of aliphatic hydroxyl groups excluding tert-OH is 1. The number of hydrogen-bond acceptors (Lipinski definition) is 5. The van der Waals surface area contributed by atoms with Gasteiger partial charge in [0.05, 0.1) is 19.8 Å². The van der Waals surface area contributed by atoms with Gasteiger partial charge in [0.1, 0.15) is 5.75 Å². The number of carbonyl (C=O) groups is 1. The summed E-state index contributed by atoms with van der Waals surface area (Å²) >= 11 is 0. The van der Waals surface area contributed by atoms with Gasteiger partial charge in [-0.15, -0.1) is 0 Å². The quantitative estimate of drug-likeness (QED) is 0.836. The maximum atomic E-state index is 11.4. The van der Waals surface area contributed by atoms with Crippen LogP contribution in [0.1, 0.15) is 30.9 Å². The molecular weight excluding hydrogens is 296 g/mol. The number of carbonyl (C=O) groups excluding carboxylic acids is 1. The molecule has 0 radical (unpaired) electrons. The summed E-state index contributed by atoms with van der Waals surface area (Å²) in [7, 11) is 1.41. The van der Waals surface area contributed by atoms with Gasteiger partial charge in [-0.3, -0.25) is 0 Å². The third-order valence-electron chi connectivity index (χ3n) is 4.22. The molecule has 1 aromatic rings. The number of piperidine rings is 1. The molecule has 1 amide bonds. The van der Waals surface area contributed by atoms with Crippen molar-refractivity contribution in [3.8, 4) is 5.75 Å². The highest BCUT2D eigenvalue weighted by atomic mass is 16.5. The van der Waals surface area contributed by atoms with E-state index in [2.05, 4.69) is 0 Å². The highest BCUT2D eigenvalue weighted by molar-refractivity contribution is 5.67. The maximum absolute atomic E-state index is 11.4. The number of aliphatic hydroxyl groups is 1. The third-order valence-corrected chi connectivity index (χ3v) is 4.22. The monoisotopic (exact) mass is 322 g/mol. The topological polar surface area (TPSA) is 85.0 Å². The SMILES string of the molecule is COC(=O)N1CCC(COc2cccc([C@H](O)CCN)c2)CC1. The lowest BCUT2D eigenvalue weighted by molar-refractivity contribution is 0.0964. The van der Waals surface area contributed by atoms with Gasteiger partial charge in [0.15, 0.2) is 0 Å². The molecule has 1 heterocycles. The molecule has 1 aliphatic rings. The minimum absolute atomic E-state index is 0.258. The predicted molar refractivity (Wildman–Crippen MR) is 87.3 cm³/mol. The highest BCUT2D eigenvalue weighted by Crippen LogP contribution is 2.23. The Morgan fingerprint density at radius 3 is 2.83 bits per heavy atom. The van der Waals surface area contributed by atoms with E-state index in [1.807, 2.05) is 24.3 Å². The van der Waals surface area contributed by atoms with Crippen LogP contribution in [0.15, 0.2) is 24.3 Å². The summed E-state index contributed by atoms with van der Waals surface area (Å²) in [5.41, 5.74) is 6.30. The van der Waals surface area contributed by atoms with Gasteiger partial charge in [0.25, 0.3) is 0 Å². The minimum atomic E-state index is -0.549. The molecule has 0 bridgehead atoms. The molecule has 6 heteroatoms. The summed E-state index contributed by atoms with van der Waals surface area (Å²) in [4.78, 5) is 13.2. The summed E-state index contributed by atoms with van der Waals surface area (Å²) in [5, 5.41) is 9.98. The molecule has 0 aromatic heterocycles. The number of amides is 1. The van der Waals surface area contributed by atoms with Crippen LogP contribution in [0.4, 0.5) is 4.79 Å².